The van der Waals surface area contributed by atoms with Crippen molar-refractivity contribution < 1.29 is 0 Å². The SMILES string of the molecule is CN1C2CCCCC1CNC2. The molecule has 0 aromatic rings. The molecule has 0 saturated carbocycles. The van der Waals surface area contributed by atoms with Gasteiger partial charge < -0.3 is 5.32 Å². The van der Waals surface area contributed by atoms with E-state index in [2.05, 4.69) is 17.3 Å². The van der Waals surface area contributed by atoms with E-state index in [0.717, 1.165) is 12.1 Å². The Kier molecular flexibility index (Phi) is 2.14. The van der Waals surface area contributed by atoms with E-state index in [9.17, 15) is 0 Å². The molecular weight excluding hydrogens is 136 g/mol. The number of piperazine rings is 1. The molecule has 0 aromatic carbocycles. The second-order valence-corrected chi connectivity index (χ2v) is 3.92. The molecule has 2 rings (SSSR count). The van der Waals surface area contributed by atoms with Gasteiger partial charge in [0, 0.05) is 25.2 Å². The van der Waals surface area contributed by atoms with Crippen LogP contribution >= 0.6 is 0 Å². The summed E-state index contributed by atoms with van der Waals surface area (Å²) in [6, 6.07) is 1.66. The number of rotatable bonds is 0. The Morgan fingerprint density at radius 3 is 2.18 bits per heavy atom. The van der Waals surface area contributed by atoms with E-state index in [1.54, 1.807) is 0 Å². The van der Waals surface area contributed by atoms with E-state index in [1.807, 2.05) is 0 Å². The van der Waals surface area contributed by atoms with Crippen molar-refractivity contribution >= 4 is 0 Å². The van der Waals surface area contributed by atoms with Gasteiger partial charge in [0.25, 0.3) is 0 Å². The highest BCUT2D eigenvalue weighted by Gasteiger charge is 2.28. The van der Waals surface area contributed by atoms with E-state index in [1.165, 1.54) is 38.8 Å². The molecule has 2 aliphatic heterocycles. The first kappa shape index (κ1) is 7.56. The number of nitrogens with one attached hydrogen (secondary N) is 1. The molecule has 0 spiro atoms. The van der Waals surface area contributed by atoms with Crippen LogP contribution in [0.4, 0.5) is 0 Å². The molecule has 64 valence electrons. The second-order valence-electron chi connectivity index (χ2n) is 3.92. The summed E-state index contributed by atoms with van der Waals surface area (Å²) in [5.74, 6) is 0. The van der Waals surface area contributed by atoms with Gasteiger partial charge in [-0.2, -0.15) is 0 Å². The van der Waals surface area contributed by atoms with Gasteiger partial charge in [0.1, 0.15) is 0 Å². The average Bonchev–Trinajstić information content (AvgIpc) is 2.17. The summed E-state index contributed by atoms with van der Waals surface area (Å²) in [7, 11) is 2.29. The molecule has 2 nitrogen and oxygen atoms in total. The van der Waals surface area contributed by atoms with Gasteiger partial charge in [0.15, 0.2) is 0 Å². The van der Waals surface area contributed by atoms with E-state index >= 15 is 0 Å². The molecule has 0 aliphatic carbocycles. The highest BCUT2D eigenvalue weighted by Crippen LogP contribution is 2.22. The van der Waals surface area contributed by atoms with Crippen molar-refractivity contribution in [2.24, 2.45) is 0 Å². The fourth-order valence-corrected chi connectivity index (χ4v) is 2.37. The van der Waals surface area contributed by atoms with Crippen molar-refractivity contribution in [2.75, 3.05) is 20.1 Å². The Morgan fingerprint density at radius 1 is 1.09 bits per heavy atom. The Labute approximate surface area is 69.0 Å². The first-order chi connectivity index (χ1) is 5.38. The largest absolute Gasteiger partial charge is 0.314 e. The van der Waals surface area contributed by atoms with Crippen LogP contribution in [0.25, 0.3) is 0 Å². The molecule has 1 N–H and O–H groups in total. The van der Waals surface area contributed by atoms with Crippen LogP contribution < -0.4 is 5.32 Å². The lowest BCUT2D eigenvalue weighted by atomic mass is 10.1. The minimum Gasteiger partial charge on any atom is -0.314 e. The fourth-order valence-electron chi connectivity index (χ4n) is 2.37. The maximum Gasteiger partial charge on any atom is 0.0221 e. The predicted octanol–water partition coefficient (Wildman–Crippen LogP) is 0.833. The number of likely N-dealkylation sites (N-methyl/N-ethyl adjacent to an activating group) is 1. The lowest BCUT2D eigenvalue weighted by Crippen LogP contribution is -2.54. The third-order valence-electron chi connectivity index (χ3n) is 3.24. The molecule has 11 heavy (non-hydrogen) atoms. The van der Waals surface area contributed by atoms with Gasteiger partial charge in [-0.1, -0.05) is 12.8 Å². The second kappa shape index (κ2) is 3.11. The molecule has 2 saturated heterocycles. The molecule has 2 fully saturated rings. The summed E-state index contributed by atoms with van der Waals surface area (Å²) in [5.41, 5.74) is 0. The Bertz CT molecular complexity index is 122. The monoisotopic (exact) mass is 154 g/mol. The van der Waals surface area contributed by atoms with Crippen molar-refractivity contribution in [1.29, 1.82) is 0 Å². The molecular formula is C9H18N2. The van der Waals surface area contributed by atoms with Gasteiger partial charge in [0.2, 0.25) is 0 Å². The predicted molar refractivity (Wildman–Crippen MR) is 46.7 cm³/mol. The first-order valence-electron chi connectivity index (χ1n) is 4.80. The summed E-state index contributed by atoms with van der Waals surface area (Å²) < 4.78 is 0. The molecule has 2 unspecified atom stereocenters. The van der Waals surface area contributed by atoms with Crippen LogP contribution in [0.1, 0.15) is 25.7 Å². The summed E-state index contributed by atoms with van der Waals surface area (Å²) in [4.78, 5) is 2.59. The molecule has 0 aromatic heterocycles. The normalized spacial score (nSPS) is 40.1. The number of fused-ring (bicyclic) bond motifs is 2. The van der Waals surface area contributed by atoms with E-state index < -0.39 is 0 Å². The van der Waals surface area contributed by atoms with Crippen molar-refractivity contribution in [3.63, 3.8) is 0 Å². The van der Waals surface area contributed by atoms with Crippen molar-refractivity contribution in [2.45, 2.75) is 37.8 Å². The minimum atomic E-state index is 0.830. The molecule has 2 heteroatoms. The molecule has 2 heterocycles. The van der Waals surface area contributed by atoms with E-state index in [4.69, 9.17) is 0 Å². The quantitative estimate of drug-likeness (QED) is 0.556. The summed E-state index contributed by atoms with van der Waals surface area (Å²) in [6.45, 7) is 2.43. The Morgan fingerprint density at radius 2 is 1.64 bits per heavy atom. The molecule has 2 bridgehead atoms. The molecule has 0 radical (unpaired) electrons. The summed E-state index contributed by atoms with van der Waals surface area (Å²) in [5, 5.41) is 3.52. The van der Waals surface area contributed by atoms with Gasteiger partial charge in [-0.25, -0.2) is 0 Å². The highest BCUT2D eigenvalue weighted by atomic mass is 15.2. The lowest BCUT2D eigenvalue weighted by molar-refractivity contribution is 0.133. The van der Waals surface area contributed by atoms with Crippen LogP contribution in [0, 0.1) is 0 Å². The Hall–Kier alpha value is -0.0800. The average molecular weight is 154 g/mol. The number of hydrogen-bond acceptors (Lipinski definition) is 2. The van der Waals surface area contributed by atoms with Gasteiger partial charge in [-0.05, 0) is 19.9 Å². The van der Waals surface area contributed by atoms with Gasteiger partial charge in [0.05, 0.1) is 0 Å². The summed E-state index contributed by atoms with van der Waals surface area (Å²) in [6.07, 6.45) is 5.68. The zero-order valence-corrected chi connectivity index (χ0v) is 7.34. The highest BCUT2D eigenvalue weighted by molar-refractivity contribution is 4.87. The van der Waals surface area contributed by atoms with Gasteiger partial charge in [-0.15, -0.1) is 0 Å². The van der Waals surface area contributed by atoms with Crippen LogP contribution in [-0.2, 0) is 0 Å². The standard InChI is InChI=1S/C9H18N2/c1-11-8-4-2-3-5-9(11)7-10-6-8/h8-10H,2-7H2,1H3. The van der Waals surface area contributed by atoms with Crippen LogP contribution in [0.3, 0.4) is 0 Å². The maximum atomic E-state index is 3.52. The zero-order valence-electron chi connectivity index (χ0n) is 7.34. The third kappa shape index (κ3) is 1.42. The summed E-state index contributed by atoms with van der Waals surface area (Å²) >= 11 is 0. The van der Waals surface area contributed by atoms with Crippen LogP contribution in [0.15, 0.2) is 0 Å². The first-order valence-corrected chi connectivity index (χ1v) is 4.80. The number of hydrogen-bond donors (Lipinski definition) is 1. The smallest absolute Gasteiger partial charge is 0.0221 e. The maximum absolute atomic E-state index is 3.52. The number of nitrogens with zero attached hydrogens (tertiary/aromatic N) is 1. The molecule has 2 atom stereocenters. The fraction of sp³-hybridized carbons (Fsp3) is 1.00. The minimum absolute atomic E-state index is 0.830. The van der Waals surface area contributed by atoms with Crippen molar-refractivity contribution in [3.8, 4) is 0 Å². The van der Waals surface area contributed by atoms with Gasteiger partial charge in [-0.3, -0.25) is 4.90 Å². The lowest BCUT2D eigenvalue weighted by Gasteiger charge is -2.38. The van der Waals surface area contributed by atoms with E-state index in [0.29, 0.717) is 0 Å². The van der Waals surface area contributed by atoms with Crippen LogP contribution in [0.2, 0.25) is 0 Å². The van der Waals surface area contributed by atoms with Crippen LogP contribution in [-0.4, -0.2) is 37.1 Å². The topological polar surface area (TPSA) is 15.3 Å². The van der Waals surface area contributed by atoms with Crippen LogP contribution in [0.5, 0.6) is 0 Å². The molecule has 2 aliphatic rings. The molecule has 0 amide bonds. The van der Waals surface area contributed by atoms with Crippen molar-refractivity contribution in [3.05, 3.63) is 0 Å². The third-order valence-corrected chi connectivity index (χ3v) is 3.24. The van der Waals surface area contributed by atoms with E-state index in [-0.39, 0.29) is 0 Å². The Balaban J connectivity index is 2.06. The van der Waals surface area contributed by atoms with Crippen molar-refractivity contribution in [1.82, 2.24) is 10.2 Å². The van der Waals surface area contributed by atoms with Gasteiger partial charge >= 0.3 is 0 Å². The zero-order chi connectivity index (χ0) is 7.68.